The molecule has 0 bridgehead atoms. The van der Waals surface area contributed by atoms with Gasteiger partial charge in [-0.25, -0.2) is 0 Å². The van der Waals surface area contributed by atoms with E-state index in [1.54, 1.807) is 0 Å². The summed E-state index contributed by atoms with van der Waals surface area (Å²) in [6, 6.07) is 0. The number of rotatable bonds is 7. The molecule has 3 atom stereocenters. The van der Waals surface area contributed by atoms with E-state index in [4.69, 9.17) is 0 Å². The number of hydrogen-bond donors (Lipinski definition) is 0. The van der Waals surface area contributed by atoms with Crippen LogP contribution in [0.25, 0.3) is 0 Å². The first-order valence-electron chi connectivity index (χ1n) is 7.32. The Morgan fingerprint density at radius 2 is 1.53 bits per heavy atom. The van der Waals surface area contributed by atoms with E-state index in [1.165, 1.54) is 17.9 Å². The maximum absolute atomic E-state index is 4.28. The van der Waals surface area contributed by atoms with Crippen LogP contribution < -0.4 is 0 Å². The Labute approximate surface area is 111 Å². The molecule has 3 unspecified atom stereocenters. The quantitative estimate of drug-likeness (QED) is 0.519. The zero-order valence-electron chi connectivity index (χ0n) is 13.4. The molecule has 0 aliphatic heterocycles. The second kappa shape index (κ2) is 6.93. The van der Waals surface area contributed by atoms with Crippen molar-refractivity contribution in [1.82, 2.24) is 0 Å². The van der Waals surface area contributed by atoms with Crippen molar-refractivity contribution in [1.29, 1.82) is 0 Å². The van der Waals surface area contributed by atoms with Gasteiger partial charge in [0.2, 0.25) is 0 Å². The number of hydrogen-bond acceptors (Lipinski definition) is 0. The molecule has 0 saturated carbocycles. The van der Waals surface area contributed by atoms with Gasteiger partial charge in [0.15, 0.2) is 0 Å². The van der Waals surface area contributed by atoms with Crippen LogP contribution in [0.2, 0.25) is 0 Å². The summed E-state index contributed by atoms with van der Waals surface area (Å²) in [4.78, 5) is 0. The maximum atomic E-state index is 4.28. The Bertz CT molecular complexity index is 244. The standard InChI is InChI=1S/C16H35P/c1-10-17(9,13(4)5)16(8)15(7)11-14(6)12(2)3/h12,14-17H,4,10-11H2,1-3,5-9H3. The van der Waals surface area contributed by atoms with Gasteiger partial charge in [-0.1, -0.05) is 0 Å². The third-order valence-electron chi connectivity index (χ3n) is 5.45. The molecule has 0 spiro atoms. The van der Waals surface area contributed by atoms with Crippen LogP contribution in [-0.4, -0.2) is 18.5 Å². The van der Waals surface area contributed by atoms with E-state index in [-0.39, 0.29) is 0 Å². The minimum absolute atomic E-state index is 0.809. The fraction of sp³-hybridized carbons (Fsp3) is 0.875. The topological polar surface area (TPSA) is 0 Å². The molecule has 0 aliphatic rings. The van der Waals surface area contributed by atoms with E-state index in [2.05, 4.69) is 61.7 Å². The second-order valence-electron chi connectivity index (χ2n) is 6.77. The summed E-state index contributed by atoms with van der Waals surface area (Å²) in [6.45, 7) is 23.4. The van der Waals surface area contributed by atoms with Crippen LogP contribution in [0.15, 0.2) is 11.9 Å². The van der Waals surface area contributed by atoms with Crippen molar-refractivity contribution in [3.05, 3.63) is 11.9 Å². The summed E-state index contributed by atoms with van der Waals surface area (Å²) in [5.74, 6) is 2.48. The Kier molecular flexibility index (Phi) is 7.00. The first-order valence-corrected chi connectivity index (χ1v) is 10.1. The summed E-state index contributed by atoms with van der Waals surface area (Å²) in [6.07, 6.45) is 2.71. The molecule has 0 aromatic carbocycles. The molecule has 1 heteroatoms. The second-order valence-corrected chi connectivity index (χ2v) is 12.1. The SMILES string of the molecule is C=C(C)[PH](C)(CC)C(C)C(C)CC(C)C(C)C. The fourth-order valence-electron chi connectivity index (χ4n) is 2.70. The van der Waals surface area contributed by atoms with Crippen LogP contribution in [0, 0.1) is 17.8 Å². The van der Waals surface area contributed by atoms with Gasteiger partial charge in [-0.2, -0.15) is 0 Å². The fourth-order valence-corrected chi connectivity index (χ4v) is 6.12. The summed E-state index contributed by atoms with van der Waals surface area (Å²) < 4.78 is 0. The van der Waals surface area contributed by atoms with Gasteiger partial charge in [-0.05, 0) is 0 Å². The van der Waals surface area contributed by atoms with Gasteiger partial charge in [0.05, 0.1) is 0 Å². The van der Waals surface area contributed by atoms with Crippen molar-refractivity contribution in [3.63, 3.8) is 0 Å². The summed E-state index contributed by atoms with van der Waals surface area (Å²) in [5, 5.41) is 1.48. The van der Waals surface area contributed by atoms with Gasteiger partial charge in [-0.3, -0.25) is 0 Å². The van der Waals surface area contributed by atoms with Crippen molar-refractivity contribution in [3.8, 4) is 0 Å². The molecule has 0 saturated heterocycles. The van der Waals surface area contributed by atoms with E-state index in [9.17, 15) is 0 Å². The van der Waals surface area contributed by atoms with Crippen LogP contribution in [0.1, 0.15) is 54.9 Å². The summed E-state index contributed by atoms with van der Waals surface area (Å²) in [7, 11) is -1.26. The minimum atomic E-state index is -1.26. The molecule has 0 nitrogen and oxygen atoms in total. The van der Waals surface area contributed by atoms with Crippen molar-refractivity contribution < 1.29 is 0 Å². The molecule has 0 aromatic rings. The van der Waals surface area contributed by atoms with Gasteiger partial charge in [0, 0.05) is 0 Å². The number of allylic oxidation sites excluding steroid dienone is 1. The van der Waals surface area contributed by atoms with Crippen LogP contribution in [0.3, 0.4) is 0 Å². The molecule has 0 rings (SSSR count). The van der Waals surface area contributed by atoms with Crippen LogP contribution in [0.4, 0.5) is 0 Å². The molecule has 104 valence electrons. The molecule has 0 heterocycles. The van der Waals surface area contributed by atoms with Crippen molar-refractivity contribution in [2.24, 2.45) is 17.8 Å². The van der Waals surface area contributed by atoms with Crippen molar-refractivity contribution in [2.75, 3.05) is 12.8 Å². The van der Waals surface area contributed by atoms with Gasteiger partial charge in [0.25, 0.3) is 0 Å². The van der Waals surface area contributed by atoms with Crippen LogP contribution in [-0.2, 0) is 0 Å². The Morgan fingerprint density at radius 1 is 1.06 bits per heavy atom. The Hall–Kier alpha value is 0.170. The summed E-state index contributed by atoms with van der Waals surface area (Å²) in [5.41, 5.74) is 0.853. The van der Waals surface area contributed by atoms with E-state index >= 15 is 0 Å². The van der Waals surface area contributed by atoms with E-state index in [0.717, 1.165) is 23.4 Å². The summed E-state index contributed by atoms with van der Waals surface area (Å²) >= 11 is 0. The third kappa shape index (κ3) is 4.40. The zero-order valence-corrected chi connectivity index (χ0v) is 14.4. The Morgan fingerprint density at radius 3 is 1.82 bits per heavy atom. The van der Waals surface area contributed by atoms with E-state index in [1.807, 2.05) is 0 Å². The average Bonchev–Trinajstić information content (AvgIpc) is 2.26. The van der Waals surface area contributed by atoms with Crippen molar-refractivity contribution >= 4 is 7.26 Å². The van der Waals surface area contributed by atoms with Gasteiger partial charge >= 0.3 is 110 Å². The molecule has 17 heavy (non-hydrogen) atoms. The van der Waals surface area contributed by atoms with Crippen molar-refractivity contribution in [2.45, 2.75) is 60.5 Å². The molecule has 0 amide bonds. The normalized spacial score (nSPS) is 18.9. The molecule has 0 aromatic heterocycles. The van der Waals surface area contributed by atoms with Gasteiger partial charge in [-0.15, -0.1) is 0 Å². The Balaban J connectivity index is 4.68. The third-order valence-corrected chi connectivity index (χ3v) is 11.4. The molecular formula is C16H35P. The average molecular weight is 258 g/mol. The van der Waals surface area contributed by atoms with Gasteiger partial charge < -0.3 is 0 Å². The first kappa shape index (κ1) is 17.2. The van der Waals surface area contributed by atoms with Crippen LogP contribution >= 0.6 is 7.26 Å². The van der Waals surface area contributed by atoms with E-state index in [0.29, 0.717) is 0 Å². The predicted molar refractivity (Wildman–Crippen MR) is 86.8 cm³/mol. The van der Waals surface area contributed by atoms with E-state index < -0.39 is 7.26 Å². The van der Waals surface area contributed by atoms with Crippen LogP contribution in [0.5, 0.6) is 0 Å². The molecule has 0 radical (unpaired) electrons. The van der Waals surface area contributed by atoms with Gasteiger partial charge in [0.1, 0.15) is 0 Å². The molecule has 0 aliphatic carbocycles. The molecular weight excluding hydrogens is 223 g/mol. The predicted octanol–water partition coefficient (Wildman–Crippen LogP) is 5.63. The molecule has 0 fully saturated rings. The molecule has 0 N–H and O–H groups in total. The monoisotopic (exact) mass is 258 g/mol. The zero-order chi connectivity index (χ0) is 13.8. The first-order chi connectivity index (χ1) is 7.66.